The molecule has 32 heavy (non-hydrogen) atoms. The molecule has 1 aliphatic carbocycles. The lowest BCUT2D eigenvalue weighted by atomic mass is 9.85. The molecule has 1 saturated heterocycles. The third kappa shape index (κ3) is 5.36. The van der Waals surface area contributed by atoms with E-state index in [-0.39, 0.29) is 18.7 Å². The number of piperazine rings is 1. The Bertz CT molecular complexity index is 858. The number of ether oxygens (including phenoxy) is 2. The molecular formula is C26H38N2O4. The van der Waals surface area contributed by atoms with E-state index in [9.17, 15) is 9.90 Å². The van der Waals surface area contributed by atoms with E-state index in [0.29, 0.717) is 26.2 Å². The number of anilines is 1. The Morgan fingerprint density at radius 1 is 1.22 bits per heavy atom. The third-order valence-corrected chi connectivity index (χ3v) is 6.09. The van der Waals surface area contributed by atoms with Gasteiger partial charge >= 0.3 is 6.09 Å². The lowest BCUT2D eigenvalue weighted by Gasteiger charge is -2.43. The van der Waals surface area contributed by atoms with E-state index < -0.39 is 11.2 Å². The minimum atomic E-state index is -0.505. The highest BCUT2D eigenvalue weighted by Crippen LogP contribution is 2.37. The van der Waals surface area contributed by atoms with Crippen LogP contribution in [-0.2, 0) is 21.7 Å². The summed E-state index contributed by atoms with van der Waals surface area (Å²) in [7, 11) is 0. The second-order valence-corrected chi connectivity index (χ2v) is 9.50. The number of allylic oxidation sites excluding steroid dienone is 2. The number of aliphatic hydroxyl groups is 1. The van der Waals surface area contributed by atoms with E-state index in [2.05, 4.69) is 42.2 Å². The summed E-state index contributed by atoms with van der Waals surface area (Å²) in [5, 5.41) is 10.2. The second kappa shape index (κ2) is 10.1. The molecule has 1 N–H and O–H groups in total. The Morgan fingerprint density at radius 2 is 2.00 bits per heavy atom. The first-order valence-corrected chi connectivity index (χ1v) is 11.7. The summed E-state index contributed by atoms with van der Waals surface area (Å²) >= 11 is 0. The topological polar surface area (TPSA) is 62.2 Å². The van der Waals surface area contributed by atoms with Crippen LogP contribution in [0.1, 0.15) is 58.6 Å². The maximum atomic E-state index is 12.6. The Hall–Kier alpha value is -2.31. The first kappa shape index (κ1) is 24.3. The van der Waals surface area contributed by atoms with E-state index in [0.717, 1.165) is 29.7 Å². The molecule has 3 rings (SSSR count). The SMILES string of the molecule is CCOC1(c2ccc(N3CCN(C(=O)OC(C)(C)C)C[C@H]3CC)c(CO)c2)C=CC=CC1. The maximum absolute atomic E-state index is 12.6. The van der Waals surface area contributed by atoms with Crippen molar-refractivity contribution in [3.05, 3.63) is 53.6 Å². The molecule has 6 nitrogen and oxygen atoms in total. The number of rotatable bonds is 6. The van der Waals surface area contributed by atoms with E-state index in [1.165, 1.54) is 0 Å². The quantitative estimate of drug-likeness (QED) is 0.688. The number of aliphatic hydroxyl groups excluding tert-OH is 1. The van der Waals surface area contributed by atoms with E-state index in [1.54, 1.807) is 4.90 Å². The summed E-state index contributed by atoms with van der Waals surface area (Å²) in [5.74, 6) is 0. The number of nitrogens with zero attached hydrogens (tertiary/aromatic N) is 2. The predicted octanol–water partition coefficient (Wildman–Crippen LogP) is 4.76. The van der Waals surface area contributed by atoms with Crippen molar-refractivity contribution in [2.45, 2.75) is 71.3 Å². The average Bonchev–Trinajstić information content (AvgIpc) is 2.78. The number of carbonyl (C=O) groups is 1. The van der Waals surface area contributed by atoms with Gasteiger partial charge in [0.1, 0.15) is 11.2 Å². The third-order valence-electron chi connectivity index (χ3n) is 6.09. The lowest BCUT2D eigenvalue weighted by molar-refractivity contribution is -0.00342. The molecule has 1 unspecified atom stereocenters. The van der Waals surface area contributed by atoms with Gasteiger partial charge < -0.3 is 24.4 Å². The van der Waals surface area contributed by atoms with Crippen LogP contribution in [0.25, 0.3) is 0 Å². The van der Waals surface area contributed by atoms with Crippen LogP contribution in [0.5, 0.6) is 0 Å². The summed E-state index contributed by atoms with van der Waals surface area (Å²) in [6.45, 7) is 12.3. The second-order valence-electron chi connectivity index (χ2n) is 9.50. The van der Waals surface area contributed by atoms with Gasteiger partial charge in [-0.1, -0.05) is 31.2 Å². The van der Waals surface area contributed by atoms with Gasteiger partial charge in [0.05, 0.1) is 6.61 Å². The number of hydrogen-bond donors (Lipinski definition) is 1. The molecule has 1 aliphatic heterocycles. The zero-order valence-electron chi connectivity index (χ0n) is 20.1. The minimum Gasteiger partial charge on any atom is -0.444 e. The monoisotopic (exact) mass is 442 g/mol. The number of amides is 1. The molecule has 6 heteroatoms. The molecule has 0 spiro atoms. The molecule has 2 aliphatic rings. The standard InChI is InChI=1S/C26H38N2O4/c1-6-22-18-27(24(30)32-25(3,4)5)15-16-28(22)23-12-11-21(17-20(23)19-29)26(31-7-2)13-9-8-10-14-26/h8-13,17,22,29H,6-7,14-16,18-19H2,1-5H3/t22-,26?/m1/s1. The van der Waals surface area contributed by atoms with Crippen molar-refractivity contribution < 1.29 is 19.4 Å². The highest BCUT2D eigenvalue weighted by atomic mass is 16.6. The van der Waals surface area contributed by atoms with Crippen LogP contribution in [0.15, 0.2) is 42.5 Å². The van der Waals surface area contributed by atoms with Crippen LogP contribution in [0, 0.1) is 0 Å². The van der Waals surface area contributed by atoms with Crippen LogP contribution >= 0.6 is 0 Å². The van der Waals surface area contributed by atoms with Gasteiger partial charge in [0.15, 0.2) is 0 Å². The van der Waals surface area contributed by atoms with Crippen LogP contribution in [0.3, 0.4) is 0 Å². The van der Waals surface area contributed by atoms with Crippen molar-refractivity contribution >= 4 is 11.8 Å². The van der Waals surface area contributed by atoms with Gasteiger partial charge in [-0.3, -0.25) is 0 Å². The summed E-state index contributed by atoms with van der Waals surface area (Å²) < 4.78 is 11.7. The van der Waals surface area contributed by atoms with Crippen molar-refractivity contribution in [1.29, 1.82) is 0 Å². The first-order valence-electron chi connectivity index (χ1n) is 11.7. The minimum absolute atomic E-state index is 0.0480. The fourth-order valence-corrected chi connectivity index (χ4v) is 4.53. The average molecular weight is 443 g/mol. The Kier molecular flexibility index (Phi) is 7.67. The molecule has 0 bridgehead atoms. The zero-order chi connectivity index (χ0) is 23.4. The molecule has 0 radical (unpaired) electrons. The van der Waals surface area contributed by atoms with Crippen LogP contribution in [0.4, 0.5) is 10.5 Å². The van der Waals surface area contributed by atoms with Gasteiger partial charge in [-0.25, -0.2) is 4.79 Å². The molecule has 1 heterocycles. The number of benzene rings is 1. The van der Waals surface area contributed by atoms with E-state index in [1.807, 2.05) is 39.8 Å². The molecule has 2 atom stereocenters. The van der Waals surface area contributed by atoms with Crippen molar-refractivity contribution in [1.82, 2.24) is 4.90 Å². The summed E-state index contributed by atoms with van der Waals surface area (Å²) in [5.41, 5.74) is 1.96. The number of hydrogen-bond acceptors (Lipinski definition) is 5. The van der Waals surface area contributed by atoms with Crippen LogP contribution < -0.4 is 4.90 Å². The molecule has 176 valence electrons. The molecule has 1 aromatic carbocycles. The molecular weight excluding hydrogens is 404 g/mol. The van der Waals surface area contributed by atoms with Crippen molar-refractivity contribution in [2.24, 2.45) is 0 Å². The summed E-state index contributed by atoms with van der Waals surface area (Å²) in [6.07, 6.45) is 9.68. The van der Waals surface area contributed by atoms with Gasteiger partial charge in [-0.05, 0) is 57.9 Å². The van der Waals surface area contributed by atoms with Gasteiger partial charge in [0.2, 0.25) is 0 Å². The molecule has 0 aromatic heterocycles. The smallest absolute Gasteiger partial charge is 0.410 e. The fourth-order valence-electron chi connectivity index (χ4n) is 4.53. The highest BCUT2D eigenvalue weighted by Gasteiger charge is 2.34. The Labute approximate surface area is 192 Å². The first-order chi connectivity index (χ1) is 15.2. The molecule has 1 amide bonds. The molecule has 0 saturated carbocycles. The fraction of sp³-hybridized carbons (Fsp3) is 0.577. The van der Waals surface area contributed by atoms with Gasteiger partial charge in [0.25, 0.3) is 0 Å². The van der Waals surface area contributed by atoms with Crippen LogP contribution in [0.2, 0.25) is 0 Å². The van der Waals surface area contributed by atoms with Gasteiger partial charge in [-0.15, -0.1) is 0 Å². The lowest BCUT2D eigenvalue weighted by Crippen LogP contribution is -2.55. The largest absolute Gasteiger partial charge is 0.444 e. The Morgan fingerprint density at radius 3 is 2.59 bits per heavy atom. The zero-order valence-corrected chi connectivity index (χ0v) is 20.1. The van der Waals surface area contributed by atoms with Crippen molar-refractivity contribution in [2.75, 3.05) is 31.1 Å². The number of carbonyl (C=O) groups excluding carboxylic acids is 1. The summed E-state index contributed by atoms with van der Waals surface area (Å²) in [4.78, 5) is 16.7. The Balaban J connectivity index is 1.84. The highest BCUT2D eigenvalue weighted by molar-refractivity contribution is 5.69. The van der Waals surface area contributed by atoms with Gasteiger partial charge in [0, 0.05) is 50.0 Å². The summed E-state index contributed by atoms with van der Waals surface area (Å²) in [6, 6.07) is 6.44. The predicted molar refractivity (Wildman–Crippen MR) is 128 cm³/mol. The van der Waals surface area contributed by atoms with Gasteiger partial charge in [-0.2, -0.15) is 0 Å². The van der Waals surface area contributed by atoms with Crippen LogP contribution in [-0.4, -0.2) is 54.0 Å². The van der Waals surface area contributed by atoms with E-state index >= 15 is 0 Å². The van der Waals surface area contributed by atoms with Crippen molar-refractivity contribution in [3.8, 4) is 0 Å². The molecule has 1 aromatic rings. The van der Waals surface area contributed by atoms with Crippen molar-refractivity contribution in [3.63, 3.8) is 0 Å². The maximum Gasteiger partial charge on any atom is 0.410 e. The molecule has 1 fully saturated rings. The van der Waals surface area contributed by atoms with E-state index in [4.69, 9.17) is 9.47 Å². The normalized spacial score (nSPS) is 23.5.